The first kappa shape index (κ1) is 14.5. The van der Waals surface area contributed by atoms with Crippen molar-refractivity contribution in [2.45, 2.75) is 13.1 Å². The quantitative estimate of drug-likeness (QED) is 0.555. The van der Waals surface area contributed by atoms with Crippen LogP contribution in [-0.2, 0) is 20.1 Å². The number of nitrogens with zero attached hydrogens (tertiary/aromatic N) is 3. The molecule has 2 aromatic carbocycles. The number of pyridine rings is 1. The molecule has 0 atom stereocenters. The van der Waals surface area contributed by atoms with Crippen molar-refractivity contribution in [3.8, 4) is 5.75 Å². The smallest absolute Gasteiger partial charge is 0.142 e. The molecule has 4 nitrogen and oxygen atoms in total. The van der Waals surface area contributed by atoms with Crippen molar-refractivity contribution in [1.29, 1.82) is 0 Å². The van der Waals surface area contributed by atoms with Crippen molar-refractivity contribution in [1.82, 2.24) is 14.5 Å². The van der Waals surface area contributed by atoms with Crippen LogP contribution in [0.15, 0.2) is 60.8 Å². The normalized spacial score (nSPS) is 14.6. The lowest BCUT2D eigenvalue weighted by Gasteiger charge is -2.28. The minimum Gasteiger partial charge on any atom is -0.478 e. The summed E-state index contributed by atoms with van der Waals surface area (Å²) in [4.78, 5) is 6.70. The zero-order valence-corrected chi connectivity index (χ0v) is 14.1. The summed E-state index contributed by atoms with van der Waals surface area (Å²) in [7, 11) is 2.12. The van der Waals surface area contributed by atoms with E-state index in [1.807, 2.05) is 18.3 Å². The van der Waals surface area contributed by atoms with Gasteiger partial charge < -0.3 is 9.30 Å². The molecule has 0 N–H and O–H groups in total. The fourth-order valence-electron chi connectivity index (χ4n) is 3.76. The Kier molecular flexibility index (Phi) is 3.25. The van der Waals surface area contributed by atoms with E-state index in [0.29, 0.717) is 6.73 Å². The Bertz CT molecular complexity index is 1070. The Morgan fingerprint density at radius 1 is 1.00 bits per heavy atom. The second-order valence-electron chi connectivity index (χ2n) is 6.63. The second kappa shape index (κ2) is 5.60. The van der Waals surface area contributed by atoms with Gasteiger partial charge in [-0.15, -0.1) is 0 Å². The largest absolute Gasteiger partial charge is 0.478 e. The predicted molar refractivity (Wildman–Crippen MR) is 99.4 cm³/mol. The van der Waals surface area contributed by atoms with E-state index in [4.69, 9.17) is 4.74 Å². The van der Waals surface area contributed by atoms with Gasteiger partial charge in [0.25, 0.3) is 0 Å². The van der Waals surface area contributed by atoms with Crippen LogP contribution in [0.25, 0.3) is 21.8 Å². The summed E-state index contributed by atoms with van der Waals surface area (Å²) in [5.74, 6) is 0.996. The maximum atomic E-state index is 6.05. The standard InChI is InChI=1S/C21H19N3O/c1-23-19-8-3-2-7-17(19)18-10-15-12-24(13-16-6-4-5-9-22-16)14-25-21(15)11-20(18)23/h2-11H,12-14H2,1H3. The molecule has 0 fully saturated rings. The molecular formula is C21H19N3O. The van der Waals surface area contributed by atoms with Crippen LogP contribution in [0.3, 0.4) is 0 Å². The molecule has 3 heterocycles. The lowest BCUT2D eigenvalue weighted by Crippen LogP contribution is -2.31. The third-order valence-corrected chi connectivity index (χ3v) is 5.00. The molecule has 0 bridgehead atoms. The average molecular weight is 329 g/mol. The van der Waals surface area contributed by atoms with Crippen LogP contribution >= 0.6 is 0 Å². The van der Waals surface area contributed by atoms with Crippen molar-refractivity contribution < 1.29 is 4.74 Å². The third kappa shape index (κ3) is 2.37. The van der Waals surface area contributed by atoms with Crippen LogP contribution in [0.1, 0.15) is 11.3 Å². The first-order chi connectivity index (χ1) is 12.3. The molecule has 0 aliphatic carbocycles. The Morgan fingerprint density at radius 2 is 1.88 bits per heavy atom. The number of para-hydroxylation sites is 1. The molecule has 1 aliphatic heterocycles. The van der Waals surface area contributed by atoms with Gasteiger partial charge in [-0.25, -0.2) is 0 Å². The number of rotatable bonds is 2. The SMILES string of the molecule is Cn1c2ccccc2c2cc3c(cc21)OCN(Cc1ccccn1)C3. The van der Waals surface area contributed by atoms with E-state index in [9.17, 15) is 0 Å². The van der Waals surface area contributed by atoms with Gasteiger partial charge in [-0.3, -0.25) is 9.88 Å². The molecule has 0 radical (unpaired) electrons. The van der Waals surface area contributed by atoms with Gasteiger partial charge in [0.2, 0.25) is 0 Å². The van der Waals surface area contributed by atoms with E-state index < -0.39 is 0 Å². The highest BCUT2D eigenvalue weighted by atomic mass is 16.5. The lowest BCUT2D eigenvalue weighted by molar-refractivity contribution is 0.0878. The Labute approximate surface area is 146 Å². The van der Waals surface area contributed by atoms with Crippen LogP contribution in [0.5, 0.6) is 5.75 Å². The molecule has 4 heteroatoms. The van der Waals surface area contributed by atoms with Crippen molar-refractivity contribution in [3.05, 3.63) is 72.1 Å². The minimum absolute atomic E-state index is 0.596. The van der Waals surface area contributed by atoms with Crippen molar-refractivity contribution in [3.63, 3.8) is 0 Å². The lowest BCUT2D eigenvalue weighted by atomic mass is 10.1. The first-order valence-electron chi connectivity index (χ1n) is 8.55. The van der Waals surface area contributed by atoms with Gasteiger partial charge in [0.15, 0.2) is 0 Å². The van der Waals surface area contributed by atoms with E-state index in [0.717, 1.165) is 24.5 Å². The Morgan fingerprint density at radius 3 is 2.76 bits per heavy atom. The highest BCUT2D eigenvalue weighted by Crippen LogP contribution is 2.35. The summed E-state index contributed by atoms with van der Waals surface area (Å²) in [6, 6.07) is 19.1. The molecule has 0 saturated carbocycles. The summed E-state index contributed by atoms with van der Waals surface area (Å²) in [6.45, 7) is 2.28. The summed E-state index contributed by atoms with van der Waals surface area (Å²) in [6.07, 6.45) is 1.84. The van der Waals surface area contributed by atoms with Crippen molar-refractivity contribution >= 4 is 21.8 Å². The van der Waals surface area contributed by atoms with Crippen LogP contribution in [0, 0.1) is 0 Å². The zero-order valence-electron chi connectivity index (χ0n) is 14.1. The topological polar surface area (TPSA) is 30.3 Å². The van der Waals surface area contributed by atoms with E-state index >= 15 is 0 Å². The Hall–Kier alpha value is -2.85. The number of aromatic nitrogens is 2. The first-order valence-corrected chi connectivity index (χ1v) is 8.55. The monoisotopic (exact) mass is 329 g/mol. The zero-order chi connectivity index (χ0) is 16.8. The van der Waals surface area contributed by atoms with Gasteiger partial charge in [-0.1, -0.05) is 24.3 Å². The molecular weight excluding hydrogens is 310 g/mol. The molecule has 4 aromatic rings. The van der Waals surface area contributed by atoms with E-state index in [2.05, 4.69) is 64.0 Å². The highest BCUT2D eigenvalue weighted by Gasteiger charge is 2.20. The fraction of sp³-hybridized carbons (Fsp3) is 0.190. The number of hydrogen-bond acceptors (Lipinski definition) is 3. The number of hydrogen-bond donors (Lipinski definition) is 0. The molecule has 1 aliphatic rings. The van der Waals surface area contributed by atoms with Crippen LogP contribution in [0.4, 0.5) is 0 Å². The van der Waals surface area contributed by atoms with Gasteiger partial charge in [-0.2, -0.15) is 0 Å². The van der Waals surface area contributed by atoms with Gasteiger partial charge in [0.05, 0.1) is 11.2 Å². The fourth-order valence-corrected chi connectivity index (χ4v) is 3.76. The maximum Gasteiger partial charge on any atom is 0.142 e. The van der Waals surface area contributed by atoms with Gasteiger partial charge in [0.1, 0.15) is 12.5 Å². The molecule has 0 unspecified atom stereocenters. The molecule has 25 heavy (non-hydrogen) atoms. The van der Waals surface area contributed by atoms with Crippen molar-refractivity contribution in [2.24, 2.45) is 7.05 Å². The molecule has 124 valence electrons. The van der Waals surface area contributed by atoms with Crippen LogP contribution in [0.2, 0.25) is 0 Å². The number of fused-ring (bicyclic) bond motifs is 4. The number of aryl methyl sites for hydroxylation is 1. The van der Waals surface area contributed by atoms with Crippen LogP contribution in [-0.4, -0.2) is 21.2 Å². The second-order valence-corrected chi connectivity index (χ2v) is 6.63. The number of ether oxygens (including phenoxy) is 1. The van der Waals surface area contributed by atoms with E-state index in [1.54, 1.807) is 0 Å². The Balaban J connectivity index is 1.55. The molecule has 0 amide bonds. The summed E-state index contributed by atoms with van der Waals surface area (Å²) in [5, 5.41) is 2.59. The summed E-state index contributed by atoms with van der Waals surface area (Å²) >= 11 is 0. The third-order valence-electron chi connectivity index (χ3n) is 5.00. The van der Waals surface area contributed by atoms with Crippen molar-refractivity contribution in [2.75, 3.05) is 6.73 Å². The maximum absolute atomic E-state index is 6.05. The average Bonchev–Trinajstić information content (AvgIpc) is 2.93. The highest BCUT2D eigenvalue weighted by molar-refractivity contribution is 6.08. The van der Waals surface area contributed by atoms with Gasteiger partial charge in [-0.05, 0) is 24.3 Å². The molecule has 0 saturated heterocycles. The van der Waals surface area contributed by atoms with Gasteiger partial charge >= 0.3 is 0 Å². The van der Waals surface area contributed by atoms with E-state index in [1.165, 1.54) is 27.4 Å². The predicted octanol–water partition coefficient (Wildman–Crippen LogP) is 4.08. The molecule has 5 rings (SSSR count). The molecule has 0 spiro atoms. The summed E-state index contributed by atoms with van der Waals surface area (Å²) in [5.41, 5.74) is 4.79. The molecule has 2 aromatic heterocycles. The van der Waals surface area contributed by atoms with Gasteiger partial charge in [0, 0.05) is 54.3 Å². The number of benzene rings is 2. The minimum atomic E-state index is 0.596. The van der Waals surface area contributed by atoms with Crippen LogP contribution < -0.4 is 4.74 Å². The van der Waals surface area contributed by atoms with E-state index in [-0.39, 0.29) is 0 Å². The summed E-state index contributed by atoms with van der Waals surface area (Å²) < 4.78 is 8.30.